The summed E-state index contributed by atoms with van der Waals surface area (Å²) in [5.74, 6) is 1.74. The van der Waals surface area contributed by atoms with Crippen LogP contribution < -0.4 is 10.2 Å². The van der Waals surface area contributed by atoms with Gasteiger partial charge in [-0.1, -0.05) is 22.8 Å². The van der Waals surface area contributed by atoms with Crippen LogP contribution in [0.5, 0.6) is 0 Å². The lowest BCUT2D eigenvalue weighted by molar-refractivity contribution is -0.121. The van der Waals surface area contributed by atoms with Gasteiger partial charge in [-0.25, -0.2) is 4.98 Å². The zero-order valence-corrected chi connectivity index (χ0v) is 18.9. The molecule has 3 aromatic rings. The SMILES string of the molecule is CC1CN(c2ccc(CNC(=O)CCc3nc(-c4ccc(Cl)cc4)no3)cn2)CC(C)O1. The number of hydrogen-bond donors (Lipinski definition) is 1. The molecule has 4 rings (SSSR count). The lowest BCUT2D eigenvalue weighted by Gasteiger charge is -2.36. The molecule has 9 heteroatoms. The molecule has 2 unspecified atom stereocenters. The molecule has 1 saturated heterocycles. The van der Waals surface area contributed by atoms with Crippen molar-refractivity contribution < 1.29 is 14.1 Å². The Morgan fingerprint density at radius 3 is 2.59 bits per heavy atom. The summed E-state index contributed by atoms with van der Waals surface area (Å²) in [6.45, 7) is 6.20. The molecule has 3 heterocycles. The number of ether oxygens (including phenoxy) is 1. The topological polar surface area (TPSA) is 93.4 Å². The second-order valence-corrected chi connectivity index (χ2v) is 8.42. The molecule has 0 saturated carbocycles. The highest BCUT2D eigenvalue weighted by Gasteiger charge is 2.23. The molecule has 1 N–H and O–H groups in total. The van der Waals surface area contributed by atoms with Crippen LogP contribution in [-0.4, -0.2) is 46.3 Å². The summed E-state index contributed by atoms with van der Waals surface area (Å²) in [5.41, 5.74) is 1.75. The number of aromatic nitrogens is 3. The number of morpholine rings is 1. The Kier molecular flexibility index (Phi) is 7.02. The predicted octanol–water partition coefficient (Wildman–Crippen LogP) is 3.65. The minimum absolute atomic E-state index is 0.0869. The summed E-state index contributed by atoms with van der Waals surface area (Å²) < 4.78 is 11.0. The summed E-state index contributed by atoms with van der Waals surface area (Å²) >= 11 is 5.90. The van der Waals surface area contributed by atoms with Gasteiger partial charge in [0.2, 0.25) is 17.6 Å². The van der Waals surface area contributed by atoms with Crippen molar-refractivity contribution >= 4 is 23.3 Å². The largest absolute Gasteiger partial charge is 0.372 e. The Morgan fingerprint density at radius 2 is 1.91 bits per heavy atom. The molecular formula is C23H26ClN5O3. The third kappa shape index (κ3) is 5.83. The quantitative estimate of drug-likeness (QED) is 0.581. The van der Waals surface area contributed by atoms with Gasteiger partial charge in [-0.15, -0.1) is 0 Å². The third-order valence-corrected chi connectivity index (χ3v) is 5.43. The van der Waals surface area contributed by atoms with E-state index in [9.17, 15) is 4.79 Å². The second-order valence-electron chi connectivity index (χ2n) is 7.98. The average Bonchev–Trinajstić information content (AvgIpc) is 3.25. The van der Waals surface area contributed by atoms with Crippen LogP contribution in [0.1, 0.15) is 31.7 Å². The number of carbonyl (C=O) groups is 1. The van der Waals surface area contributed by atoms with E-state index in [1.165, 1.54) is 0 Å². The van der Waals surface area contributed by atoms with Gasteiger partial charge in [-0.3, -0.25) is 4.79 Å². The van der Waals surface area contributed by atoms with Crippen LogP contribution in [0, 0.1) is 0 Å². The lowest BCUT2D eigenvalue weighted by Crippen LogP contribution is -2.45. The van der Waals surface area contributed by atoms with Crippen LogP contribution in [-0.2, 0) is 22.5 Å². The molecule has 0 spiro atoms. The van der Waals surface area contributed by atoms with Gasteiger partial charge in [0.1, 0.15) is 5.82 Å². The zero-order chi connectivity index (χ0) is 22.5. The van der Waals surface area contributed by atoms with E-state index in [1.807, 2.05) is 24.3 Å². The molecule has 8 nitrogen and oxygen atoms in total. The molecule has 2 aromatic heterocycles. The summed E-state index contributed by atoms with van der Waals surface area (Å²) in [6.07, 6.45) is 2.80. The predicted molar refractivity (Wildman–Crippen MR) is 121 cm³/mol. The molecule has 0 radical (unpaired) electrons. The highest BCUT2D eigenvalue weighted by Crippen LogP contribution is 2.20. The summed E-state index contributed by atoms with van der Waals surface area (Å²) in [4.78, 5) is 23.4. The lowest BCUT2D eigenvalue weighted by atomic mass is 10.2. The van der Waals surface area contributed by atoms with Crippen LogP contribution in [0.25, 0.3) is 11.4 Å². The summed E-state index contributed by atoms with van der Waals surface area (Å²) in [6, 6.07) is 11.2. The maximum atomic E-state index is 12.2. The molecule has 32 heavy (non-hydrogen) atoms. The van der Waals surface area contributed by atoms with Crippen LogP contribution in [0.2, 0.25) is 5.02 Å². The van der Waals surface area contributed by atoms with Crippen molar-refractivity contribution in [1.29, 1.82) is 0 Å². The Labute approximate surface area is 191 Å². The van der Waals surface area contributed by atoms with Gasteiger partial charge in [0.05, 0.1) is 12.2 Å². The average molecular weight is 456 g/mol. The molecular weight excluding hydrogens is 430 g/mol. The van der Waals surface area contributed by atoms with Crippen LogP contribution in [0.3, 0.4) is 0 Å². The van der Waals surface area contributed by atoms with Gasteiger partial charge in [-0.05, 0) is 49.7 Å². The number of nitrogens with zero attached hydrogens (tertiary/aromatic N) is 4. The van der Waals surface area contributed by atoms with Gasteiger partial charge in [0, 0.05) is 49.3 Å². The van der Waals surface area contributed by atoms with E-state index in [-0.39, 0.29) is 24.5 Å². The fourth-order valence-electron chi connectivity index (χ4n) is 3.66. The third-order valence-electron chi connectivity index (χ3n) is 5.18. The van der Waals surface area contributed by atoms with Crippen molar-refractivity contribution in [2.24, 2.45) is 0 Å². The number of carbonyl (C=O) groups excluding carboxylic acids is 1. The molecule has 1 aliphatic rings. The summed E-state index contributed by atoms with van der Waals surface area (Å²) in [7, 11) is 0. The number of nitrogens with one attached hydrogen (secondary N) is 1. The highest BCUT2D eigenvalue weighted by molar-refractivity contribution is 6.30. The van der Waals surface area contributed by atoms with Crippen molar-refractivity contribution in [1.82, 2.24) is 20.4 Å². The first-order chi connectivity index (χ1) is 15.5. The molecule has 168 valence electrons. The van der Waals surface area contributed by atoms with Crippen LogP contribution in [0.4, 0.5) is 5.82 Å². The number of pyridine rings is 1. The smallest absolute Gasteiger partial charge is 0.227 e. The fraction of sp³-hybridized carbons (Fsp3) is 0.391. The van der Waals surface area contributed by atoms with E-state index < -0.39 is 0 Å². The molecule has 0 aliphatic carbocycles. The first-order valence-electron chi connectivity index (χ1n) is 10.7. The number of hydrogen-bond acceptors (Lipinski definition) is 7. The number of rotatable bonds is 7. The number of halogens is 1. The maximum Gasteiger partial charge on any atom is 0.227 e. The molecule has 1 aliphatic heterocycles. The van der Waals surface area contributed by atoms with E-state index in [0.29, 0.717) is 29.7 Å². The van der Waals surface area contributed by atoms with Crippen molar-refractivity contribution in [2.45, 2.75) is 45.4 Å². The Hall–Kier alpha value is -2.97. The first-order valence-corrected chi connectivity index (χ1v) is 11.0. The van der Waals surface area contributed by atoms with Gasteiger partial charge in [0.15, 0.2) is 0 Å². The zero-order valence-electron chi connectivity index (χ0n) is 18.1. The van der Waals surface area contributed by atoms with Gasteiger partial charge in [-0.2, -0.15) is 4.98 Å². The molecule has 1 aromatic carbocycles. The first kappa shape index (κ1) is 22.2. The maximum absolute atomic E-state index is 12.2. The standard InChI is InChI=1S/C23H26ClN5O3/c1-15-13-29(14-16(2)31-15)20-8-3-17(11-25-20)12-26-21(30)9-10-22-27-23(28-32-22)18-4-6-19(24)7-5-18/h3-8,11,15-16H,9-10,12-14H2,1-2H3,(H,26,30). The van der Waals surface area contributed by atoms with Crippen LogP contribution in [0.15, 0.2) is 47.1 Å². The highest BCUT2D eigenvalue weighted by atomic mass is 35.5. The number of benzene rings is 1. The minimum Gasteiger partial charge on any atom is -0.372 e. The van der Waals surface area contributed by atoms with Crippen molar-refractivity contribution in [3.05, 3.63) is 59.1 Å². The second kappa shape index (κ2) is 10.1. The van der Waals surface area contributed by atoms with E-state index in [2.05, 4.69) is 39.2 Å². The van der Waals surface area contributed by atoms with E-state index >= 15 is 0 Å². The van der Waals surface area contributed by atoms with Gasteiger partial charge < -0.3 is 19.5 Å². The van der Waals surface area contributed by atoms with Gasteiger partial charge in [0.25, 0.3) is 0 Å². The number of aryl methyl sites for hydroxylation is 1. The molecule has 1 amide bonds. The molecule has 2 atom stereocenters. The normalized spacial score (nSPS) is 18.5. The summed E-state index contributed by atoms with van der Waals surface area (Å²) in [5, 5.41) is 7.52. The van der Waals surface area contributed by atoms with Crippen molar-refractivity contribution in [2.75, 3.05) is 18.0 Å². The van der Waals surface area contributed by atoms with Crippen molar-refractivity contribution in [3.63, 3.8) is 0 Å². The monoisotopic (exact) mass is 455 g/mol. The minimum atomic E-state index is -0.0869. The number of anilines is 1. The molecule has 0 bridgehead atoms. The fourth-order valence-corrected chi connectivity index (χ4v) is 3.78. The Bertz CT molecular complexity index is 1030. The van der Waals surface area contributed by atoms with E-state index in [4.69, 9.17) is 20.9 Å². The number of amides is 1. The Morgan fingerprint density at radius 1 is 1.16 bits per heavy atom. The van der Waals surface area contributed by atoms with Crippen molar-refractivity contribution in [3.8, 4) is 11.4 Å². The van der Waals surface area contributed by atoms with Gasteiger partial charge >= 0.3 is 0 Å². The Balaban J connectivity index is 1.23. The van der Waals surface area contributed by atoms with E-state index in [1.54, 1.807) is 18.3 Å². The van der Waals surface area contributed by atoms with E-state index in [0.717, 1.165) is 30.0 Å². The molecule has 1 fully saturated rings. The van der Waals surface area contributed by atoms with Crippen LogP contribution >= 0.6 is 11.6 Å².